The maximum atomic E-state index is 12.3. The highest BCUT2D eigenvalue weighted by atomic mass is 16.2. The van der Waals surface area contributed by atoms with Crippen LogP contribution in [0.4, 0.5) is 0 Å². The van der Waals surface area contributed by atoms with E-state index in [1.54, 1.807) is 0 Å². The Morgan fingerprint density at radius 1 is 1.31 bits per heavy atom. The van der Waals surface area contributed by atoms with Crippen LogP contribution in [-0.4, -0.2) is 53.0 Å². The Hall–Kier alpha value is -2.34. The molecule has 2 amide bonds. The molecule has 1 saturated heterocycles. The third kappa shape index (κ3) is 4.25. The monoisotopic (exact) mass is 356 g/mol. The number of amides is 2. The maximum absolute atomic E-state index is 12.3. The van der Waals surface area contributed by atoms with Gasteiger partial charge >= 0.3 is 0 Å². The minimum Gasteiger partial charge on any atom is -0.356 e. The van der Waals surface area contributed by atoms with Crippen molar-refractivity contribution in [2.45, 2.75) is 45.3 Å². The number of nitrogens with one attached hydrogen (secondary N) is 2. The zero-order chi connectivity index (χ0) is 18.5. The summed E-state index contributed by atoms with van der Waals surface area (Å²) in [7, 11) is 0. The zero-order valence-corrected chi connectivity index (χ0v) is 15.6. The average molecular weight is 356 g/mol. The van der Waals surface area contributed by atoms with Crippen molar-refractivity contribution in [1.82, 2.24) is 20.1 Å². The summed E-state index contributed by atoms with van der Waals surface area (Å²) in [6, 6.07) is 10.3. The lowest BCUT2D eigenvalue weighted by Gasteiger charge is -2.37. The molecule has 6 heteroatoms. The van der Waals surface area contributed by atoms with E-state index >= 15 is 0 Å². The molecule has 2 aromatic rings. The van der Waals surface area contributed by atoms with Gasteiger partial charge < -0.3 is 15.2 Å². The third-order valence-electron chi connectivity index (χ3n) is 4.99. The molecule has 2 heterocycles. The number of benzene rings is 1. The largest absolute Gasteiger partial charge is 0.356 e. The first-order valence-electron chi connectivity index (χ1n) is 9.40. The van der Waals surface area contributed by atoms with Crippen molar-refractivity contribution >= 4 is 22.7 Å². The van der Waals surface area contributed by atoms with Crippen LogP contribution in [0, 0.1) is 0 Å². The number of piperazine rings is 1. The normalized spacial score (nSPS) is 18.3. The van der Waals surface area contributed by atoms with Gasteiger partial charge in [0.1, 0.15) is 0 Å². The number of carbonyl (C=O) groups excluding carboxylic acids is 2. The predicted molar refractivity (Wildman–Crippen MR) is 103 cm³/mol. The van der Waals surface area contributed by atoms with Gasteiger partial charge in [-0.15, -0.1) is 0 Å². The quantitative estimate of drug-likeness (QED) is 0.743. The molecule has 0 saturated carbocycles. The maximum Gasteiger partial charge on any atom is 0.237 e. The molecule has 1 aromatic carbocycles. The van der Waals surface area contributed by atoms with Crippen molar-refractivity contribution in [1.29, 1.82) is 0 Å². The van der Waals surface area contributed by atoms with Crippen LogP contribution in [0.2, 0.25) is 0 Å². The summed E-state index contributed by atoms with van der Waals surface area (Å²) in [5.41, 5.74) is 1.21. The van der Waals surface area contributed by atoms with Crippen LogP contribution in [0.5, 0.6) is 0 Å². The number of carbonyl (C=O) groups is 2. The lowest BCUT2D eigenvalue weighted by molar-refractivity contribution is -0.134. The van der Waals surface area contributed by atoms with Gasteiger partial charge in [0.15, 0.2) is 0 Å². The van der Waals surface area contributed by atoms with E-state index in [-0.39, 0.29) is 30.3 Å². The fraction of sp³-hybridized carbons (Fsp3) is 0.500. The molecule has 6 nitrogen and oxygen atoms in total. The van der Waals surface area contributed by atoms with Crippen LogP contribution >= 0.6 is 0 Å². The third-order valence-corrected chi connectivity index (χ3v) is 4.99. The van der Waals surface area contributed by atoms with Gasteiger partial charge in [0.05, 0.1) is 12.5 Å². The van der Waals surface area contributed by atoms with E-state index in [4.69, 9.17) is 0 Å². The van der Waals surface area contributed by atoms with Crippen LogP contribution in [-0.2, 0) is 16.1 Å². The summed E-state index contributed by atoms with van der Waals surface area (Å²) in [6.07, 6.45) is 3.16. The summed E-state index contributed by atoms with van der Waals surface area (Å²) in [5, 5.41) is 7.05. The molecule has 26 heavy (non-hydrogen) atoms. The van der Waals surface area contributed by atoms with Gasteiger partial charge in [0.2, 0.25) is 11.8 Å². The molecule has 1 aliphatic rings. The minimum atomic E-state index is -0.364. The molecule has 1 aliphatic heterocycles. The lowest BCUT2D eigenvalue weighted by Crippen LogP contribution is -2.58. The standard InChI is InChI=1S/C20H28N4O2/c1-15(2)24-13-10-22-20(26)18(24)14-19(25)21-9-5-11-23-12-8-16-6-3-4-7-17(16)23/h3-4,6-8,12,15,18H,5,9-11,13-14H2,1-2H3,(H,21,25)(H,22,26). The second-order valence-corrected chi connectivity index (χ2v) is 7.11. The number of nitrogens with zero attached hydrogens (tertiary/aromatic N) is 2. The number of aromatic nitrogens is 1. The highest BCUT2D eigenvalue weighted by molar-refractivity contribution is 5.88. The molecule has 0 radical (unpaired) electrons. The van der Waals surface area contributed by atoms with E-state index in [0.717, 1.165) is 19.5 Å². The molecule has 140 valence electrons. The van der Waals surface area contributed by atoms with Crippen molar-refractivity contribution < 1.29 is 9.59 Å². The molecule has 2 N–H and O–H groups in total. The molecule has 0 spiro atoms. The summed E-state index contributed by atoms with van der Waals surface area (Å²) in [5.74, 6) is -0.103. The number of rotatable bonds is 7. The zero-order valence-electron chi connectivity index (χ0n) is 15.6. The first-order chi connectivity index (χ1) is 12.6. The van der Waals surface area contributed by atoms with E-state index in [0.29, 0.717) is 13.1 Å². The number of hydrogen-bond donors (Lipinski definition) is 2. The van der Waals surface area contributed by atoms with E-state index < -0.39 is 0 Å². The van der Waals surface area contributed by atoms with Gasteiger partial charge in [-0.1, -0.05) is 18.2 Å². The molecule has 1 atom stereocenters. The first kappa shape index (κ1) is 18.5. The van der Waals surface area contributed by atoms with Gasteiger partial charge in [-0.25, -0.2) is 0 Å². The Morgan fingerprint density at radius 2 is 2.12 bits per heavy atom. The van der Waals surface area contributed by atoms with Crippen molar-refractivity contribution in [3.63, 3.8) is 0 Å². The van der Waals surface area contributed by atoms with Crippen molar-refractivity contribution in [2.24, 2.45) is 0 Å². The molecule has 1 aromatic heterocycles. The summed E-state index contributed by atoms with van der Waals surface area (Å²) in [4.78, 5) is 26.5. The summed E-state index contributed by atoms with van der Waals surface area (Å²) < 4.78 is 2.20. The van der Waals surface area contributed by atoms with Crippen LogP contribution < -0.4 is 10.6 Å². The number of para-hydroxylation sites is 1. The van der Waals surface area contributed by atoms with Crippen LogP contribution in [0.25, 0.3) is 10.9 Å². The fourth-order valence-electron chi connectivity index (χ4n) is 3.62. The molecule has 1 unspecified atom stereocenters. The number of fused-ring (bicyclic) bond motifs is 1. The number of hydrogen-bond acceptors (Lipinski definition) is 3. The van der Waals surface area contributed by atoms with E-state index in [9.17, 15) is 9.59 Å². The Bertz CT molecular complexity index is 768. The minimum absolute atomic E-state index is 0.0427. The van der Waals surface area contributed by atoms with Crippen molar-refractivity contribution in [3.05, 3.63) is 36.5 Å². The summed E-state index contributed by atoms with van der Waals surface area (Å²) >= 11 is 0. The van der Waals surface area contributed by atoms with Gasteiger partial charge in [0, 0.05) is 43.9 Å². The topological polar surface area (TPSA) is 66.4 Å². The molecular formula is C20H28N4O2. The molecular weight excluding hydrogens is 328 g/mol. The number of aryl methyl sites for hydroxylation is 1. The first-order valence-corrected chi connectivity index (χ1v) is 9.40. The fourth-order valence-corrected chi connectivity index (χ4v) is 3.62. The SMILES string of the molecule is CC(C)N1CCNC(=O)C1CC(=O)NCCCn1ccc2ccccc21. The second kappa shape index (κ2) is 8.36. The molecule has 0 aliphatic carbocycles. The Labute approximate surface area is 154 Å². The van der Waals surface area contributed by atoms with Crippen LogP contribution in [0.15, 0.2) is 36.5 Å². The Balaban J connectivity index is 1.46. The second-order valence-electron chi connectivity index (χ2n) is 7.11. The molecule has 0 bridgehead atoms. The van der Waals surface area contributed by atoms with Gasteiger partial charge in [-0.3, -0.25) is 14.5 Å². The lowest BCUT2D eigenvalue weighted by atomic mass is 10.1. The van der Waals surface area contributed by atoms with Crippen LogP contribution in [0.3, 0.4) is 0 Å². The van der Waals surface area contributed by atoms with Gasteiger partial charge in [0.25, 0.3) is 0 Å². The predicted octanol–water partition coefficient (Wildman–Crippen LogP) is 1.75. The van der Waals surface area contributed by atoms with Crippen molar-refractivity contribution in [2.75, 3.05) is 19.6 Å². The molecule has 3 rings (SSSR count). The van der Waals surface area contributed by atoms with Crippen LogP contribution in [0.1, 0.15) is 26.7 Å². The van der Waals surface area contributed by atoms with Gasteiger partial charge in [-0.2, -0.15) is 0 Å². The average Bonchev–Trinajstić information content (AvgIpc) is 3.03. The Morgan fingerprint density at radius 3 is 2.92 bits per heavy atom. The highest BCUT2D eigenvalue weighted by Gasteiger charge is 2.32. The molecule has 1 fully saturated rings. The summed E-state index contributed by atoms with van der Waals surface area (Å²) in [6.45, 7) is 7.04. The Kier molecular flexibility index (Phi) is 5.93. The van der Waals surface area contributed by atoms with Gasteiger partial charge in [-0.05, 0) is 37.8 Å². The van der Waals surface area contributed by atoms with E-state index in [1.165, 1.54) is 10.9 Å². The van der Waals surface area contributed by atoms with E-state index in [2.05, 4.69) is 58.3 Å². The highest BCUT2D eigenvalue weighted by Crippen LogP contribution is 2.15. The van der Waals surface area contributed by atoms with Crippen molar-refractivity contribution in [3.8, 4) is 0 Å². The smallest absolute Gasteiger partial charge is 0.237 e. The van der Waals surface area contributed by atoms with E-state index in [1.807, 2.05) is 12.1 Å².